The summed E-state index contributed by atoms with van der Waals surface area (Å²) in [4.78, 5) is 15.9. The summed E-state index contributed by atoms with van der Waals surface area (Å²) in [6, 6.07) is 0.632. The maximum absolute atomic E-state index is 11.2. The summed E-state index contributed by atoms with van der Waals surface area (Å²) in [6.07, 6.45) is 4.36. The lowest BCUT2D eigenvalue weighted by Crippen LogP contribution is -2.41. The highest BCUT2D eigenvalue weighted by Crippen LogP contribution is 2.14. The minimum Gasteiger partial charge on any atom is -0.466 e. The molecule has 1 fully saturated rings. The normalized spacial score (nSPS) is 19.7. The lowest BCUT2D eigenvalue weighted by atomic mass is 10.0. The number of piperidine rings is 1. The summed E-state index contributed by atoms with van der Waals surface area (Å²) in [7, 11) is 5.70. The van der Waals surface area contributed by atoms with Gasteiger partial charge in [-0.2, -0.15) is 0 Å². The second kappa shape index (κ2) is 6.77. The van der Waals surface area contributed by atoms with Crippen LogP contribution in [0.15, 0.2) is 11.6 Å². The van der Waals surface area contributed by atoms with E-state index in [2.05, 4.69) is 28.6 Å². The number of esters is 1. The van der Waals surface area contributed by atoms with Crippen LogP contribution in [0.3, 0.4) is 0 Å². The maximum atomic E-state index is 11.2. The van der Waals surface area contributed by atoms with Gasteiger partial charge in [-0.1, -0.05) is 6.08 Å². The number of likely N-dealkylation sites (tertiary alicyclic amines) is 1. The van der Waals surface area contributed by atoms with Crippen molar-refractivity contribution in [3.8, 4) is 0 Å². The van der Waals surface area contributed by atoms with Gasteiger partial charge in [0.1, 0.15) is 0 Å². The van der Waals surface area contributed by atoms with Gasteiger partial charge in [0.2, 0.25) is 0 Å². The lowest BCUT2D eigenvalue weighted by molar-refractivity contribution is -0.136. The van der Waals surface area contributed by atoms with Crippen molar-refractivity contribution >= 4 is 5.97 Å². The molecule has 0 bridgehead atoms. The largest absolute Gasteiger partial charge is 0.466 e. The highest BCUT2D eigenvalue weighted by Gasteiger charge is 2.19. The van der Waals surface area contributed by atoms with E-state index in [0.717, 1.165) is 19.6 Å². The van der Waals surface area contributed by atoms with Crippen molar-refractivity contribution in [3.63, 3.8) is 0 Å². The number of carbonyl (C=O) groups excluding carboxylic acids is 1. The lowest BCUT2D eigenvalue weighted by Gasteiger charge is -2.34. The van der Waals surface area contributed by atoms with Gasteiger partial charge in [-0.15, -0.1) is 0 Å². The fraction of sp³-hybridized carbons (Fsp3) is 0.769. The first-order valence-corrected chi connectivity index (χ1v) is 6.18. The van der Waals surface area contributed by atoms with Crippen LogP contribution < -0.4 is 0 Å². The molecular weight excluding hydrogens is 216 g/mol. The SMILES string of the molecule is COC(=O)C(C)=CCN(C)C1CCN(C)CC1. The molecule has 4 heteroatoms. The zero-order valence-corrected chi connectivity index (χ0v) is 11.4. The molecule has 0 radical (unpaired) electrons. The van der Waals surface area contributed by atoms with Crippen LogP contribution in [0.5, 0.6) is 0 Å². The Morgan fingerprint density at radius 1 is 1.47 bits per heavy atom. The third-order valence-corrected chi connectivity index (χ3v) is 3.50. The van der Waals surface area contributed by atoms with Crippen LogP contribution in [-0.4, -0.2) is 62.7 Å². The highest BCUT2D eigenvalue weighted by molar-refractivity contribution is 5.87. The van der Waals surface area contributed by atoms with Gasteiger partial charge in [-0.25, -0.2) is 4.79 Å². The summed E-state index contributed by atoms with van der Waals surface area (Å²) in [5, 5.41) is 0. The van der Waals surface area contributed by atoms with Gasteiger partial charge in [0.05, 0.1) is 7.11 Å². The Bertz CT molecular complexity index is 281. The Morgan fingerprint density at radius 3 is 2.59 bits per heavy atom. The van der Waals surface area contributed by atoms with Gasteiger partial charge in [0.15, 0.2) is 0 Å². The third-order valence-electron chi connectivity index (χ3n) is 3.50. The smallest absolute Gasteiger partial charge is 0.333 e. The summed E-state index contributed by atoms with van der Waals surface area (Å²) < 4.78 is 4.67. The monoisotopic (exact) mass is 240 g/mol. The van der Waals surface area contributed by atoms with Crippen LogP contribution in [-0.2, 0) is 9.53 Å². The molecule has 0 aliphatic carbocycles. The molecule has 0 aromatic carbocycles. The molecule has 0 saturated carbocycles. The first-order chi connectivity index (χ1) is 8.04. The molecule has 0 amide bonds. The van der Waals surface area contributed by atoms with Crippen molar-refractivity contribution in [1.82, 2.24) is 9.80 Å². The number of hydrogen-bond acceptors (Lipinski definition) is 4. The van der Waals surface area contributed by atoms with E-state index in [4.69, 9.17) is 0 Å². The van der Waals surface area contributed by atoms with E-state index >= 15 is 0 Å². The predicted molar refractivity (Wildman–Crippen MR) is 68.9 cm³/mol. The van der Waals surface area contributed by atoms with Gasteiger partial charge < -0.3 is 9.64 Å². The molecule has 1 aliphatic rings. The van der Waals surface area contributed by atoms with E-state index in [-0.39, 0.29) is 5.97 Å². The van der Waals surface area contributed by atoms with Crippen molar-refractivity contribution in [3.05, 3.63) is 11.6 Å². The van der Waals surface area contributed by atoms with E-state index in [1.165, 1.54) is 20.0 Å². The van der Waals surface area contributed by atoms with Crippen LogP contribution in [0.1, 0.15) is 19.8 Å². The highest BCUT2D eigenvalue weighted by atomic mass is 16.5. The third kappa shape index (κ3) is 4.48. The van der Waals surface area contributed by atoms with E-state index in [1.807, 2.05) is 6.08 Å². The molecule has 0 aromatic heterocycles. The van der Waals surface area contributed by atoms with Crippen molar-refractivity contribution in [2.24, 2.45) is 0 Å². The Labute approximate surface area is 104 Å². The predicted octanol–water partition coefficient (Wildman–Crippen LogP) is 1.13. The molecule has 0 N–H and O–H groups in total. The van der Waals surface area contributed by atoms with Crippen LogP contribution in [0.2, 0.25) is 0 Å². The van der Waals surface area contributed by atoms with E-state index in [1.54, 1.807) is 6.92 Å². The molecule has 0 spiro atoms. The molecule has 0 atom stereocenters. The van der Waals surface area contributed by atoms with E-state index in [0.29, 0.717) is 11.6 Å². The molecule has 0 aromatic rings. The standard InChI is InChI=1S/C13H24N2O2/c1-11(13(16)17-4)5-10-15(3)12-6-8-14(2)9-7-12/h5,12H,6-10H2,1-4H3. The van der Waals surface area contributed by atoms with Gasteiger partial charge >= 0.3 is 5.97 Å². The molecule has 1 aliphatic heterocycles. The summed E-state index contributed by atoms with van der Waals surface area (Å²) in [5.41, 5.74) is 0.687. The molecule has 0 unspecified atom stereocenters. The van der Waals surface area contributed by atoms with Crippen LogP contribution >= 0.6 is 0 Å². The van der Waals surface area contributed by atoms with Gasteiger partial charge in [0.25, 0.3) is 0 Å². The van der Waals surface area contributed by atoms with Gasteiger partial charge in [-0.05, 0) is 47.0 Å². The number of ether oxygens (including phenoxy) is 1. The zero-order valence-electron chi connectivity index (χ0n) is 11.4. The Hall–Kier alpha value is -0.870. The van der Waals surface area contributed by atoms with Crippen molar-refractivity contribution in [2.45, 2.75) is 25.8 Å². The number of hydrogen-bond donors (Lipinski definition) is 0. The first-order valence-electron chi connectivity index (χ1n) is 6.18. The molecule has 98 valence electrons. The summed E-state index contributed by atoms with van der Waals surface area (Å²) in [5.74, 6) is -0.234. The number of rotatable bonds is 4. The second-order valence-electron chi connectivity index (χ2n) is 4.85. The minimum atomic E-state index is -0.234. The average Bonchev–Trinajstić information content (AvgIpc) is 2.35. The summed E-state index contributed by atoms with van der Waals surface area (Å²) >= 11 is 0. The fourth-order valence-corrected chi connectivity index (χ4v) is 2.11. The van der Waals surface area contributed by atoms with Crippen molar-refractivity contribution in [1.29, 1.82) is 0 Å². The van der Waals surface area contributed by atoms with Crippen LogP contribution in [0.4, 0.5) is 0 Å². The molecule has 1 heterocycles. The Balaban J connectivity index is 2.39. The molecule has 17 heavy (non-hydrogen) atoms. The van der Waals surface area contributed by atoms with Crippen LogP contribution in [0.25, 0.3) is 0 Å². The molecule has 1 rings (SSSR count). The van der Waals surface area contributed by atoms with Crippen molar-refractivity contribution in [2.75, 3.05) is 40.8 Å². The zero-order chi connectivity index (χ0) is 12.8. The number of nitrogens with zero attached hydrogens (tertiary/aromatic N) is 2. The fourth-order valence-electron chi connectivity index (χ4n) is 2.11. The maximum Gasteiger partial charge on any atom is 0.333 e. The second-order valence-corrected chi connectivity index (χ2v) is 4.85. The quantitative estimate of drug-likeness (QED) is 0.545. The molecule has 4 nitrogen and oxygen atoms in total. The Morgan fingerprint density at radius 2 is 2.06 bits per heavy atom. The van der Waals surface area contributed by atoms with Gasteiger partial charge in [-0.3, -0.25) is 4.90 Å². The molecular formula is C13H24N2O2. The average molecular weight is 240 g/mol. The summed E-state index contributed by atoms with van der Waals surface area (Å²) in [6.45, 7) is 4.94. The molecule has 1 saturated heterocycles. The number of methoxy groups -OCH3 is 1. The number of carbonyl (C=O) groups is 1. The first kappa shape index (κ1) is 14.2. The van der Waals surface area contributed by atoms with E-state index < -0.39 is 0 Å². The van der Waals surface area contributed by atoms with E-state index in [9.17, 15) is 4.79 Å². The Kier molecular flexibility index (Phi) is 5.65. The number of likely N-dealkylation sites (N-methyl/N-ethyl adjacent to an activating group) is 1. The van der Waals surface area contributed by atoms with Crippen LogP contribution in [0, 0.1) is 0 Å². The van der Waals surface area contributed by atoms with Crippen molar-refractivity contribution < 1.29 is 9.53 Å². The topological polar surface area (TPSA) is 32.8 Å². The minimum absolute atomic E-state index is 0.234. The van der Waals surface area contributed by atoms with Gasteiger partial charge in [0, 0.05) is 18.2 Å².